The summed E-state index contributed by atoms with van der Waals surface area (Å²) in [4.78, 5) is 0. The van der Waals surface area contributed by atoms with E-state index in [4.69, 9.17) is 4.74 Å². The number of aromatic hydroxyl groups is 1. The predicted octanol–water partition coefficient (Wildman–Crippen LogP) is 4.84. The molecule has 0 saturated carbocycles. The van der Waals surface area contributed by atoms with Crippen LogP contribution in [0.15, 0.2) is 70.9 Å². The zero-order valence-electron chi connectivity index (χ0n) is 12.2. The van der Waals surface area contributed by atoms with Crippen LogP contribution in [-0.2, 0) is 6.54 Å². The second-order valence-electron chi connectivity index (χ2n) is 4.87. The molecule has 0 heterocycles. The van der Waals surface area contributed by atoms with E-state index in [2.05, 4.69) is 10.2 Å². The van der Waals surface area contributed by atoms with Gasteiger partial charge in [-0.3, -0.25) is 0 Å². The first-order valence-corrected chi connectivity index (χ1v) is 6.99. The number of hydrogen-bond acceptors (Lipinski definition) is 4. The summed E-state index contributed by atoms with van der Waals surface area (Å²) >= 11 is 0. The van der Waals surface area contributed by atoms with Gasteiger partial charge in [0.1, 0.15) is 17.2 Å². The van der Waals surface area contributed by atoms with Gasteiger partial charge in [0.2, 0.25) is 0 Å². The quantitative estimate of drug-likeness (QED) is 0.700. The van der Waals surface area contributed by atoms with Crippen LogP contribution in [0.5, 0.6) is 11.5 Å². The third-order valence-electron chi connectivity index (χ3n) is 3.48. The maximum Gasteiger partial charge on any atom is 0.143 e. The number of phenols is 1. The summed E-state index contributed by atoms with van der Waals surface area (Å²) < 4.78 is 5.29. The van der Waals surface area contributed by atoms with Gasteiger partial charge in [0.05, 0.1) is 13.7 Å². The maximum atomic E-state index is 10.0. The average molecular weight is 292 g/mol. The van der Waals surface area contributed by atoms with Crippen molar-refractivity contribution in [3.8, 4) is 11.5 Å². The van der Waals surface area contributed by atoms with Gasteiger partial charge in [-0.05, 0) is 17.5 Å². The van der Waals surface area contributed by atoms with E-state index in [1.54, 1.807) is 13.2 Å². The van der Waals surface area contributed by atoms with E-state index >= 15 is 0 Å². The Labute approximate surface area is 128 Å². The smallest absolute Gasteiger partial charge is 0.143 e. The molecule has 110 valence electrons. The molecule has 0 aliphatic rings. The molecule has 1 N–H and O–H groups in total. The van der Waals surface area contributed by atoms with Crippen molar-refractivity contribution in [2.75, 3.05) is 7.11 Å². The number of hydrogen-bond donors (Lipinski definition) is 1. The van der Waals surface area contributed by atoms with Crippen molar-refractivity contribution in [1.82, 2.24) is 0 Å². The monoisotopic (exact) mass is 292 g/mol. The molecule has 0 aliphatic carbocycles. The van der Waals surface area contributed by atoms with Crippen molar-refractivity contribution >= 4 is 16.5 Å². The Balaban J connectivity index is 1.91. The van der Waals surface area contributed by atoms with Crippen molar-refractivity contribution < 1.29 is 9.84 Å². The molecule has 3 rings (SSSR count). The zero-order chi connectivity index (χ0) is 15.4. The number of fused-ring (bicyclic) bond motifs is 1. The Kier molecular flexibility index (Phi) is 4.01. The number of phenolic OH excluding ortho intramolecular Hbond substituents is 1. The highest BCUT2D eigenvalue weighted by molar-refractivity contribution is 5.95. The van der Waals surface area contributed by atoms with Gasteiger partial charge in [0.25, 0.3) is 0 Å². The van der Waals surface area contributed by atoms with Gasteiger partial charge in [0.15, 0.2) is 0 Å². The number of methoxy groups -OCH3 is 1. The Morgan fingerprint density at radius 2 is 1.73 bits per heavy atom. The van der Waals surface area contributed by atoms with Crippen LogP contribution in [0.1, 0.15) is 5.56 Å². The molecule has 0 amide bonds. The van der Waals surface area contributed by atoms with Gasteiger partial charge < -0.3 is 9.84 Å². The van der Waals surface area contributed by atoms with Gasteiger partial charge in [-0.2, -0.15) is 10.2 Å². The van der Waals surface area contributed by atoms with Gasteiger partial charge in [-0.1, -0.05) is 48.5 Å². The van der Waals surface area contributed by atoms with Gasteiger partial charge in [-0.25, -0.2) is 0 Å². The minimum atomic E-state index is 0.127. The minimum Gasteiger partial charge on any atom is -0.506 e. The predicted molar refractivity (Wildman–Crippen MR) is 86.8 cm³/mol. The van der Waals surface area contributed by atoms with E-state index in [1.807, 2.05) is 54.6 Å². The SMILES string of the molecule is COc1ccccc1CN=Nc1c(O)ccc2ccccc12. The van der Waals surface area contributed by atoms with Gasteiger partial charge >= 0.3 is 0 Å². The van der Waals surface area contributed by atoms with Gasteiger partial charge in [0, 0.05) is 10.9 Å². The van der Waals surface area contributed by atoms with E-state index in [9.17, 15) is 5.11 Å². The third kappa shape index (κ3) is 2.76. The lowest BCUT2D eigenvalue weighted by atomic mass is 10.1. The van der Waals surface area contributed by atoms with Crippen LogP contribution in [0, 0.1) is 0 Å². The standard InChI is InChI=1S/C18H16N2O2/c1-22-17-9-5-3-7-14(17)12-19-20-18-15-8-4-2-6-13(15)10-11-16(18)21/h2-11,21H,12H2,1H3. The maximum absolute atomic E-state index is 10.0. The lowest BCUT2D eigenvalue weighted by Gasteiger charge is -2.05. The van der Waals surface area contributed by atoms with Crippen molar-refractivity contribution in [1.29, 1.82) is 0 Å². The molecule has 0 spiro atoms. The Bertz CT molecular complexity index is 828. The fourth-order valence-electron chi connectivity index (χ4n) is 2.36. The first-order valence-electron chi connectivity index (χ1n) is 6.99. The molecule has 0 bridgehead atoms. The number of azo groups is 1. The Hall–Kier alpha value is -2.88. The van der Waals surface area contributed by atoms with Crippen LogP contribution in [0.3, 0.4) is 0 Å². The molecule has 0 unspecified atom stereocenters. The second kappa shape index (κ2) is 6.26. The van der Waals surface area contributed by atoms with E-state index in [1.165, 1.54) is 0 Å². The van der Waals surface area contributed by atoms with E-state index in [-0.39, 0.29) is 5.75 Å². The Morgan fingerprint density at radius 3 is 2.59 bits per heavy atom. The molecule has 3 aromatic carbocycles. The molecule has 0 saturated heterocycles. The number of benzene rings is 3. The van der Waals surface area contributed by atoms with Crippen LogP contribution in [0.2, 0.25) is 0 Å². The van der Waals surface area contributed by atoms with E-state index < -0.39 is 0 Å². The lowest BCUT2D eigenvalue weighted by molar-refractivity contribution is 0.409. The van der Waals surface area contributed by atoms with Crippen LogP contribution in [-0.4, -0.2) is 12.2 Å². The van der Waals surface area contributed by atoms with Gasteiger partial charge in [-0.15, -0.1) is 0 Å². The Morgan fingerprint density at radius 1 is 0.955 bits per heavy atom. The van der Waals surface area contributed by atoms with Crippen molar-refractivity contribution in [3.63, 3.8) is 0 Å². The second-order valence-corrected chi connectivity index (χ2v) is 4.87. The molecular formula is C18H16N2O2. The number of ether oxygens (including phenoxy) is 1. The third-order valence-corrected chi connectivity index (χ3v) is 3.48. The number of para-hydroxylation sites is 1. The first kappa shape index (κ1) is 14.1. The minimum absolute atomic E-state index is 0.127. The largest absolute Gasteiger partial charge is 0.506 e. The van der Waals surface area contributed by atoms with Crippen molar-refractivity contribution in [2.24, 2.45) is 10.2 Å². The van der Waals surface area contributed by atoms with E-state index in [0.717, 1.165) is 22.1 Å². The van der Waals surface area contributed by atoms with Crippen LogP contribution in [0.25, 0.3) is 10.8 Å². The zero-order valence-corrected chi connectivity index (χ0v) is 12.2. The first-order chi connectivity index (χ1) is 10.8. The van der Waals surface area contributed by atoms with Crippen molar-refractivity contribution in [3.05, 3.63) is 66.2 Å². The molecule has 0 fully saturated rings. The molecule has 4 nitrogen and oxygen atoms in total. The molecule has 0 atom stereocenters. The summed E-state index contributed by atoms with van der Waals surface area (Å²) in [6, 6.07) is 19.0. The number of rotatable bonds is 4. The number of nitrogens with zero attached hydrogens (tertiary/aromatic N) is 2. The summed E-state index contributed by atoms with van der Waals surface area (Å²) in [5, 5.41) is 20.4. The summed E-state index contributed by atoms with van der Waals surface area (Å²) in [7, 11) is 1.63. The molecule has 0 aromatic heterocycles. The summed E-state index contributed by atoms with van der Waals surface area (Å²) in [5.74, 6) is 0.908. The molecular weight excluding hydrogens is 276 g/mol. The molecule has 4 heteroatoms. The fourth-order valence-corrected chi connectivity index (χ4v) is 2.36. The molecule has 0 radical (unpaired) electrons. The van der Waals surface area contributed by atoms with Crippen LogP contribution < -0.4 is 4.74 Å². The van der Waals surface area contributed by atoms with E-state index in [0.29, 0.717) is 12.2 Å². The average Bonchev–Trinajstić information content (AvgIpc) is 2.57. The van der Waals surface area contributed by atoms with Crippen LogP contribution in [0.4, 0.5) is 5.69 Å². The molecule has 22 heavy (non-hydrogen) atoms. The van der Waals surface area contributed by atoms with Crippen LogP contribution >= 0.6 is 0 Å². The highest BCUT2D eigenvalue weighted by Crippen LogP contribution is 2.35. The lowest BCUT2D eigenvalue weighted by Crippen LogP contribution is -1.89. The highest BCUT2D eigenvalue weighted by Gasteiger charge is 2.06. The summed E-state index contributed by atoms with van der Waals surface area (Å²) in [6.07, 6.45) is 0. The normalized spacial score (nSPS) is 11.1. The summed E-state index contributed by atoms with van der Waals surface area (Å²) in [6.45, 7) is 0.396. The highest BCUT2D eigenvalue weighted by atomic mass is 16.5. The topological polar surface area (TPSA) is 54.2 Å². The molecule has 0 aliphatic heterocycles. The molecule has 3 aromatic rings. The summed E-state index contributed by atoms with van der Waals surface area (Å²) in [5.41, 5.74) is 1.45. The fraction of sp³-hybridized carbons (Fsp3) is 0.111. The van der Waals surface area contributed by atoms with Crippen molar-refractivity contribution in [2.45, 2.75) is 6.54 Å².